The predicted molar refractivity (Wildman–Crippen MR) is 115 cm³/mol. The molecule has 2 aromatic carbocycles. The minimum Gasteiger partial charge on any atom is -0.507 e. The van der Waals surface area contributed by atoms with Crippen molar-refractivity contribution in [3.05, 3.63) is 57.6 Å². The van der Waals surface area contributed by atoms with Gasteiger partial charge in [0.05, 0.1) is 0 Å². The number of phenols is 2. The number of aryl methyl sites for hydroxylation is 4. The summed E-state index contributed by atoms with van der Waals surface area (Å²) in [5.41, 5.74) is 6.69. The number of hydrogen-bond donors (Lipinski definition) is 2. The van der Waals surface area contributed by atoms with Gasteiger partial charge in [0.15, 0.2) is 0 Å². The average molecular weight is 369 g/mol. The molecule has 0 bridgehead atoms. The van der Waals surface area contributed by atoms with Crippen molar-refractivity contribution in [1.82, 2.24) is 0 Å². The maximum absolute atomic E-state index is 10.5. The molecular formula is C25H36O2. The van der Waals surface area contributed by atoms with E-state index in [2.05, 4.69) is 65.8 Å². The third kappa shape index (κ3) is 4.66. The lowest BCUT2D eigenvalue weighted by molar-refractivity contribution is 0.460. The van der Waals surface area contributed by atoms with Gasteiger partial charge in [0, 0.05) is 5.92 Å². The summed E-state index contributed by atoms with van der Waals surface area (Å²) in [5, 5.41) is 21.0. The summed E-state index contributed by atoms with van der Waals surface area (Å²) in [4.78, 5) is 0. The Kier molecular flexibility index (Phi) is 7.35. The summed E-state index contributed by atoms with van der Waals surface area (Å²) < 4.78 is 0. The summed E-state index contributed by atoms with van der Waals surface area (Å²) in [6.45, 7) is 12.9. The van der Waals surface area contributed by atoms with Crippen LogP contribution in [0.3, 0.4) is 0 Å². The Balaban J connectivity index is 2.67. The molecule has 0 radical (unpaired) electrons. The van der Waals surface area contributed by atoms with Gasteiger partial charge < -0.3 is 10.2 Å². The summed E-state index contributed by atoms with van der Waals surface area (Å²) in [6, 6.07) is 8.74. The Labute approximate surface area is 165 Å². The van der Waals surface area contributed by atoms with Crippen LogP contribution in [-0.2, 0) is 25.7 Å². The lowest BCUT2D eigenvalue weighted by atomic mass is 9.81. The van der Waals surface area contributed by atoms with Crippen molar-refractivity contribution in [2.75, 3.05) is 0 Å². The highest BCUT2D eigenvalue weighted by Gasteiger charge is 2.21. The molecule has 0 spiro atoms. The number of benzene rings is 2. The van der Waals surface area contributed by atoms with Gasteiger partial charge in [-0.2, -0.15) is 0 Å². The molecule has 0 unspecified atom stereocenters. The Morgan fingerprint density at radius 2 is 0.926 bits per heavy atom. The van der Waals surface area contributed by atoms with Crippen LogP contribution < -0.4 is 0 Å². The van der Waals surface area contributed by atoms with E-state index in [-0.39, 0.29) is 5.92 Å². The molecule has 27 heavy (non-hydrogen) atoms. The van der Waals surface area contributed by atoms with E-state index in [9.17, 15) is 10.2 Å². The fraction of sp³-hybridized carbons (Fsp3) is 0.520. The lowest BCUT2D eigenvalue weighted by Crippen LogP contribution is -2.08. The van der Waals surface area contributed by atoms with Crippen LogP contribution >= 0.6 is 0 Å². The largest absolute Gasteiger partial charge is 0.507 e. The Bertz CT molecular complexity index is 662. The maximum Gasteiger partial charge on any atom is 0.121 e. The molecule has 2 N–H and O–H groups in total. The molecule has 0 aliphatic rings. The zero-order valence-electron chi connectivity index (χ0n) is 17.9. The van der Waals surface area contributed by atoms with Crippen molar-refractivity contribution < 1.29 is 10.2 Å². The molecule has 2 nitrogen and oxygen atoms in total. The van der Waals surface area contributed by atoms with Gasteiger partial charge in [-0.3, -0.25) is 0 Å². The molecule has 0 saturated carbocycles. The van der Waals surface area contributed by atoms with E-state index < -0.39 is 0 Å². The van der Waals surface area contributed by atoms with Gasteiger partial charge in [-0.1, -0.05) is 65.8 Å². The van der Waals surface area contributed by atoms with Crippen LogP contribution in [0.5, 0.6) is 11.5 Å². The quantitative estimate of drug-likeness (QED) is 0.556. The summed E-state index contributed by atoms with van der Waals surface area (Å²) in [5.74, 6) is 1.75. The van der Waals surface area contributed by atoms with E-state index in [1.165, 1.54) is 11.1 Å². The fourth-order valence-corrected chi connectivity index (χ4v) is 3.99. The first kappa shape index (κ1) is 21.3. The standard InChI is InChI=1S/C25H36O2/c1-7-17-12-21(13-18(8-2)24(17)26)23(11-16(5)6)22-14-19(9-3)25(27)20(10-4)15-22/h12-16,23,26-27H,7-11H2,1-6H3. The van der Waals surface area contributed by atoms with Gasteiger partial charge in [-0.05, 0) is 71.4 Å². The van der Waals surface area contributed by atoms with Crippen LogP contribution in [0.2, 0.25) is 0 Å². The predicted octanol–water partition coefficient (Wildman–Crippen LogP) is 6.53. The van der Waals surface area contributed by atoms with Gasteiger partial charge in [-0.25, -0.2) is 0 Å². The van der Waals surface area contributed by atoms with E-state index in [1.807, 2.05) is 0 Å². The lowest BCUT2D eigenvalue weighted by Gasteiger charge is -2.24. The second-order valence-electron chi connectivity index (χ2n) is 7.97. The Morgan fingerprint density at radius 3 is 1.15 bits per heavy atom. The van der Waals surface area contributed by atoms with Crippen LogP contribution in [0.4, 0.5) is 0 Å². The first-order valence-corrected chi connectivity index (χ1v) is 10.5. The number of aromatic hydroxyl groups is 2. The van der Waals surface area contributed by atoms with Crippen molar-refractivity contribution in [3.8, 4) is 11.5 Å². The highest BCUT2D eigenvalue weighted by molar-refractivity contribution is 5.50. The molecular weight excluding hydrogens is 332 g/mol. The molecule has 0 aromatic heterocycles. The molecule has 2 rings (SSSR count). The molecule has 0 amide bonds. The van der Waals surface area contributed by atoms with Gasteiger partial charge in [-0.15, -0.1) is 0 Å². The van der Waals surface area contributed by atoms with E-state index in [4.69, 9.17) is 0 Å². The van der Waals surface area contributed by atoms with Crippen molar-refractivity contribution in [2.45, 2.75) is 79.6 Å². The summed E-state index contributed by atoms with van der Waals surface area (Å²) >= 11 is 0. The van der Waals surface area contributed by atoms with Crippen LogP contribution in [0, 0.1) is 5.92 Å². The number of rotatable bonds is 8. The van der Waals surface area contributed by atoms with Crippen molar-refractivity contribution >= 4 is 0 Å². The Hall–Kier alpha value is -1.96. The van der Waals surface area contributed by atoms with E-state index in [0.717, 1.165) is 54.4 Å². The molecule has 2 aromatic rings. The molecule has 0 atom stereocenters. The average Bonchev–Trinajstić information content (AvgIpc) is 2.66. The normalized spacial score (nSPS) is 11.6. The second-order valence-corrected chi connectivity index (χ2v) is 7.97. The topological polar surface area (TPSA) is 40.5 Å². The highest BCUT2D eigenvalue weighted by atomic mass is 16.3. The minimum atomic E-state index is 0.275. The summed E-state index contributed by atoms with van der Waals surface area (Å²) in [7, 11) is 0. The fourth-order valence-electron chi connectivity index (χ4n) is 3.99. The van der Waals surface area contributed by atoms with Crippen LogP contribution in [0.25, 0.3) is 0 Å². The number of hydrogen-bond acceptors (Lipinski definition) is 2. The molecule has 2 heteroatoms. The SMILES string of the molecule is CCc1cc(C(CC(C)C)c2cc(CC)c(O)c(CC)c2)cc(CC)c1O. The minimum absolute atomic E-state index is 0.275. The zero-order valence-corrected chi connectivity index (χ0v) is 17.9. The second kappa shape index (κ2) is 9.30. The smallest absolute Gasteiger partial charge is 0.121 e. The first-order chi connectivity index (χ1) is 12.9. The molecule has 0 saturated heterocycles. The zero-order chi connectivity index (χ0) is 20.1. The van der Waals surface area contributed by atoms with Crippen LogP contribution in [0.15, 0.2) is 24.3 Å². The van der Waals surface area contributed by atoms with Crippen LogP contribution in [0.1, 0.15) is 87.3 Å². The van der Waals surface area contributed by atoms with Crippen molar-refractivity contribution in [3.63, 3.8) is 0 Å². The van der Waals surface area contributed by atoms with Crippen molar-refractivity contribution in [2.24, 2.45) is 5.92 Å². The Morgan fingerprint density at radius 1 is 0.630 bits per heavy atom. The summed E-state index contributed by atoms with van der Waals surface area (Å²) in [6.07, 6.45) is 4.37. The molecule has 0 aliphatic carbocycles. The molecule has 148 valence electrons. The number of phenolic OH excluding ortho intramolecular Hbond substituents is 2. The molecule has 0 heterocycles. The van der Waals surface area contributed by atoms with E-state index in [0.29, 0.717) is 17.4 Å². The van der Waals surface area contributed by atoms with Gasteiger partial charge in [0.1, 0.15) is 11.5 Å². The third-order valence-corrected chi connectivity index (χ3v) is 5.62. The van der Waals surface area contributed by atoms with Crippen molar-refractivity contribution in [1.29, 1.82) is 0 Å². The van der Waals surface area contributed by atoms with Gasteiger partial charge in [0.25, 0.3) is 0 Å². The van der Waals surface area contributed by atoms with E-state index >= 15 is 0 Å². The van der Waals surface area contributed by atoms with Crippen LogP contribution in [-0.4, -0.2) is 10.2 Å². The first-order valence-electron chi connectivity index (χ1n) is 10.5. The monoisotopic (exact) mass is 368 g/mol. The molecule has 0 fully saturated rings. The van der Waals surface area contributed by atoms with E-state index in [1.54, 1.807) is 0 Å². The van der Waals surface area contributed by atoms with Gasteiger partial charge in [0.2, 0.25) is 0 Å². The maximum atomic E-state index is 10.5. The third-order valence-electron chi connectivity index (χ3n) is 5.62. The highest BCUT2D eigenvalue weighted by Crippen LogP contribution is 2.38. The molecule has 0 aliphatic heterocycles. The van der Waals surface area contributed by atoms with Gasteiger partial charge >= 0.3 is 0 Å².